The Bertz CT molecular complexity index is 574. The minimum atomic E-state index is -0.733. The van der Waals surface area contributed by atoms with E-state index in [1.54, 1.807) is 6.92 Å². The lowest BCUT2D eigenvalue weighted by Crippen LogP contribution is -2.21. The van der Waals surface area contributed by atoms with Crippen LogP contribution in [0.3, 0.4) is 0 Å². The smallest absolute Gasteiger partial charge is 0.334 e. The minimum Gasteiger partial charge on any atom is -0.466 e. The summed E-state index contributed by atoms with van der Waals surface area (Å²) >= 11 is 0. The molecule has 0 saturated heterocycles. The number of carbonyl (C=O) groups is 1. The predicted molar refractivity (Wildman–Crippen MR) is 67.7 cm³/mol. The fourth-order valence-electron chi connectivity index (χ4n) is 1.52. The van der Waals surface area contributed by atoms with Gasteiger partial charge in [0.1, 0.15) is 0 Å². The molecule has 0 unspecified atom stereocenters. The van der Waals surface area contributed by atoms with Crippen molar-refractivity contribution in [2.45, 2.75) is 19.9 Å². The van der Waals surface area contributed by atoms with Crippen molar-refractivity contribution in [3.8, 4) is 0 Å². The van der Waals surface area contributed by atoms with Gasteiger partial charge >= 0.3 is 17.2 Å². The Kier molecular flexibility index (Phi) is 4.99. The molecule has 1 aromatic heterocycles. The second kappa shape index (κ2) is 6.48. The van der Waals surface area contributed by atoms with Crippen LogP contribution in [-0.2, 0) is 16.1 Å². The van der Waals surface area contributed by atoms with Crippen LogP contribution in [0.1, 0.15) is 13.3 Å². The van der Waals surface area contributed by atoms with Gasteiger partial charge in [0, 0.05) is 24.4 Å². The van der Waals surface area contributed by atoms with Crippen molar-refractivity contribution >= 4 is 11.7 Å². The quantitative estimate of drug-likeness (QED) is 0.346. The Labute approximate surface area is 109 Å². The normalized spacial score (nSPS) is 11.2. The Morgan fingerprint density at radius 2 is 2.26 bits per heavy atom. The first-order valence-corrected chi connectivity index (χ1v) is 5.62. The molecule has 0 aliphatic heterocycles. The van der Waals surface area contributed by atoms with E-state index in [2.05, 4.69) is 4.74 Å². The number of carbonyl (C=O) groups excluding carboxylic acids is 1. The number of allylic oxidation sites excluding steroid dienone is 1. The molecule has 0 atom stereocenters. The summed E-state index contributed by atoms with van der Waals surface area (Å²) in [6.07, 6.45) is 3.41. The van der Waals surface area contributed by atoms with E-state index in [-0.39, 0.29) is 6.54 Å². The third kappa shape index (κ3) is 3.51. The van der Waals surface area contributed by atoms with Gasteiger partial charge in [-0.05, 0) is 12.5 Å². The Balaban J connectivity index is 3.04. The zero-order valence-corrected chi connectivity index (χ0v) is 10.7. The van der Waals surface area contributed by atoms with Gasteiger partial charge < -0.3 is 9.30 Å². The van der Waals surface area contributed by atoms with Gasteiger partial charge in [-0.25, -0.2) is 4.79 Å². The summed E-state index contributed by atoms with van der Waals surface area (Å²) in [5, 5.41) is 10.6. The second-order valence-corrected chi connectivity index (χ2v) is 3.68. The second-order valence-electron chi connectivity index (χ2n) is 3.68. The molecule has 0 fully saturated rings. The van der Waals surface area contributed by atoms with Gasteiger partial charge in [-0.15, -0.1) is 0 Å². The molecule has 0 aliphatic rings. The van der Waals surface area contributed by atoms with Crippen molar-refractivity contribution in [3.63, 3.8) is 0 Å². The van der Waals surface area contributed by atoms with Gasteiger partial charge in [-0.2, -0.15) is 0 Å². The number of ether oxygens (including phenoxy) is 1. The van der Waals surface area contributed by atoms with Crippen LogP contribution in [0.5, 0.6) is 0 Å². The largest absolute Gasteiger partial charge is 0.466 e. The van der Waals surface area contributed by atoms with Crippen LogP contribution < -0.4 is 5.56 Å². The Hall–Kier alpha value is -2.44. The third-order valence-electron chi connectivity index (χ3n) is 2.56. The number of hydrogen-bond acceptors (Lipinski definition) is 5. The van der Waals surface area contributed by atoms with Gasteiger partial charge in [0.15, 0.2) is 0 Å². The molecule has 1 rings (SSSR count). The van der Waals surface area contributed by atoms with Crippen molar-refractivity contribution in [3.05, 3.63) is 50.4 Å². The zero-order chi connectivity index (χ0) is 14.4. The fraction of sp³-hybridized carbons (Fsp3) is 0.333. The van der Waals surface area contributed by atoms with Crippen LogP contribution in [0.15, 0.2) is 34.8 Å². The highest BCUT2D eigenvalue weighted by Crippen LogP contribution is 2.05. The summed E-state index contributed by atoms with van der Waals surface area (Å²) in [6, 6.07) is 2.56. The summed E-state index contributed by atoms with van der Waals surface area (Å²) in [7, 11) is 1.27. The van der Waals surface area contributed by atoms with E-state index in [0.29, 0.717) is 12.0 Å². The molecule has 0 bridgehead atoms. The summed E-state index contributed by atoms with van der Waals surface area (Å²) in [5.41, 5.74) is -0.781. The van der Waals surface area contributed by atoms with E-state index >= 15 is 0 Å². The Morgan fingerprint density at radius 3 is 2.79 bits per heavy atom. The minimum absolute atomic E-state index is 0.0821. The van der Waals surface area contributed by atoms with Crippen molar-refractivity contribution in [1.82, 2.24) is 4.57 Å². The molecule has 1 aromatic rings. The van der Waals surface area contributed by atoms with Crippen LogP contribution in [0.4, 0.5) is 5.69 Å². The topological polar surface area (TPSA) is 91.4 Å². The van der Waals surface area contributed by atoms with E-state index in [9.17, 15) is 19.7 Å². The average Bonchev–Trinajstić information content (AvgIpc) is 2.40. The van der Waals surface area contributed by atoms with Crippen LogP contribution >= 0.6 is 0 Å². The molecule has 0 radical (unpaired) electrons. The van der Waals surface area contributed by atoms with E-state index in [1.165, 1.54) is 25.4 Å². The SMILES string of the molecule is CCC(=CCn1cccc([N+](=O)[O-])c1=O)C(=O)OC. The van der Waals surface area contributed by atoms with E-state index in [0.717, 1.165) is 10.6 Å². The van der Waals surface area contributed by atoms with E-state index in [4.69, 9.17) is 0 Å². The third-order valence-corrected chi connectivity index (χ3v) is 2.56. The Morgan fingerprint density at radius 1 is 1.58 bits per heavy atom. The maximum Gasteiger partial charge on any atom is 0.334 e. The number of hydrogen-bond donors (Lipinski definition) is 0. The maximum absolute atomic E-state index is 11.7. The van der Waals surface area contributed by atoms with Crippen molar-refractivity contribution in [2.24, 2.45) is 0 Å². The molecule has 0 aliphatic carbocycles. The fourth-order valence-corrected chi connectivity index (χ4v) is 1.52. The highest BCUT2D eigenvalue weighted by molar-refractivity contribution is 5.88. The van der Waals surface area contributed by atoms with Gasteiger partial charge in [0.05, 0.1) is 12.0 Å². The summed E-state index contributed by atoms with van der Waals surface area (Å²) in [4.78, 5) is 33.0. The lowest BCUT2D eigenvalue weighted by molar-refractivity contribution is -0.386. The first-order valence-electron chi connectivity index (χ1n) is 5.62. The standard InChI is InChI=1S/C12H14N2O5/c1-3-9(12(16)19-2)6-8-13-7-4-5-10(11(13)15)14(17)18/h4-7H,3,8H2,1-2H3. The first-order chi connectivity index (χ1) is 9.01. The first kappa shape index (κ1) is 14.6. The number of nitrogens with zero attached hydrogens (tertiary/aromatic N) is 2. The number of rotatable bonds is 5. The van der Waals surface area contributed by atoms with Crippen molar-refractivity contribution in [1.29, 1.82) is 0 Å². The average molecular weight is 266 g/mol. The van der Waals surface area contributed by atoms with Crippen molar-refractivity contribution in [2.75, 3.05) is 7.11 Å². The van der Waals surface area contributed by atoms with E-state index < -0.39 is 22.1 Å². The molecule has 0 amide bonds. The lowest BCUT2D eigenvalue weighted by Gasteiger charge is -2.04. The number of nitro groups is 1. The summed E-state index contributed by atoms with van der Waals surface area (Å²) < 4.78 is 5.74. The van der Waals surface area contributed by atoms with Crippen LogP contribution in [0, 0.1) is 10.1 Å². The predicted octanol–water partition coefficient (Wildman–Crippen LogP) is 1.27. The molecule has 0 saturated carbocycles. The molecular formula is C12H14N2O5. The van der Waals surface area contributed by atoms with Crippen LogP contribution in [0.2, 0.25) is 0 Å². The monoisotopic (exact) mass is 266 g/mol. The van der Waals surface area contributed by atoms with Gasteiger partial charge in [0.2, 0.25) is 0 Å². The van der Waals surface area contributed by atoms with E-state index in [1.807, 2.05) is 0 Å². The van der Waals surface area contributed by atoms with Gasteiger partial charge in [-0.3, -0.25) is 14.9 Å². The molecule has 7 nitrogen and oxygen atoms in total. The molecule has 1 heterocycles. The molecule has 0 aromatic carbocycles. The maximum atomic E-state index is 11.7. The molecule has 19 heavy (non-hydrogen) atoms. The molecule has 7 heteroatoms. The number of pyridine rings is 1. The molecule has 0 N–H and O–H groups in total. The van der Waals surface area contributed by atoms with Crippen molar-refractivity contribution < 1.29 is 14.5 Å². The van der Waals surface area contributed by atoms with Crippen LogP contribution in [0.25, 0.3) is 0 Å². The van der Waals surface area contributed by atoms with Crippen LogP contribution in [-0.4, -0.2) is 22.6 Å². The summed E-state index contributed by atoms with van der Waals surface area (Å²) in [5.74, 6) is -0.471. The zero-order valence-electron chi connectivity index (χ0n) is 10.7. The number of methoxy groups -OCH3 is 1. The molecule has 102 valence electrons. The molecule has 0 spiro atoms. The number of esters is 1. The van der Waals surface area contributed by atoms with Gasteiger partial charge in [-0.1, -0.05) is 13.0 Å². The number of aromatic nitrogens is 1. The van der Waals surface area contributed by atoms with Gasteiger partial charge in [0.25, 0.3) is 0 Å². The summed E-state index contributed by atoms with van der Waals surface area (Å²) in [6.45, 7) is 1.86. The highest BCUT2D eigenvalue weighted by Gasteiger charge is 2.13. The molecular weight excluding hydrogens is 252 g/mol. The highest BCUT2D eigenvalue weighted by atomic mass is 16.6. The lowest BCUT2D eigenvalue weighted by atomic mass is 10.2.